The van der Waals surface area contributed by atoms with E-state index >= 15 is 0 Å². The van der Waals surface area contributed by atoms with Gasteiger partial charge >= 0.3 is 0 Å². The van der Waals surface area contributed by atoms with Crippen LogP contribution in [0, 0.1) is 16.0 Å². The van der Waals surface area contributed by atoms with Crippen LogP contribution in [-0.4, -0.2) is 29.7 Å². The average molecular weight is 314 g/mol. The number of anilines is 1. The summed E-state index contributed by atoms with van der Waals surface area (Å²) in [6.45, 7) is 2.01. The topological polar surface area (TPSA) is 101 Å². The van der Waals surface area contributed by atoms with Crippen molar-refractivity contribution in [3.8, 4) is 0 Å². The molecule has 21 heavy (non-hydrogen) atoms. The first-order chi connectivity index (χ1) is 10.1. The van der Waals surface area contributed by atoms with E-state index in [0.717, 1.165) is 19.2 Å². The van der Waals surface area contributed by atoms with Gasteiger partial charge in [-0.25, -0.2) is 4.98 Å². The Bertz CT molecular complexity index is 502. The molecule has 114 valence electrons. The van der Waals surface area contributed by atoms with Gasteiger partial charge in [0.1, 0.15) is 5.82 Å². The van der Waals surface area contributed by atoms with E-state index in [1.165, 1.54) is 6.20 Å². The minimum absolute atomic E-state index is 0.253. The molecule has 1 atom stereocenters. The number of pyridine rings is 1. The highest BCUT2D eigenvalue weighted by Crippen LogP contribution is 2.11. The van der Waals surface area contributed by atoms with Crippen LogP contribution in [0.2, 0.25) is 5.02 Å². The summed E-state index contributed by atoms with van der Waals surface area (Å²) in [6.07, 6.45) is 3.29. The summed E-state index contributed by atoms with van der Waals surface area (Å²) >= 11 is 5.73. The molecule has 8 nitrogen and oxygen atoms in total. The predicted molar refractivity (Wildman–Crippen MR) is 78.0 cm³/mol. The van der Waals surface area contributed by atoms with Gasteiger partial charge in [-0.2, -0.15) is 0 Å². The van der Waals surface area contributed by atoms with Crippen molar-refractivity contribution in [1.29, 1.82) is 0 Å². The molecule has 1 aromatic heterocycles. The lowest BCUT2D eigenvalue weighted by Crippen LogP contribution is -2.34. The monoisotopic (exact) mass is 313 g/mol. The van der Waals surface area contributed by atoms with Crippen molar-refractivity contribution in [2.24, 2.45) is 5.92 Å². The molecule has 0 aliphatic carbocycles. The lowest BCUT2D eigenvalue weighted by Gasteiger charge is -2.14. The number of hydrogen-bond donors (Lipinski definition) is 3. The standard InChI is InChI=1S/C12H16ClN5O3/c13-10-1-2-11(15-6-10)16-17-12(7-18(19)20)14-5-9-3-4-21-8-9/h1-2,6-7,9,14,17H,3-5,8H2,(H,15,16)/b12-7-. The lowest BCUT2D eigenvalue weighted by atomic mass is 10.1. The van der Waals surface area contributed by atoms with Gasteiger partial charge in [0.25, 0.3) is 6.20 Å². The first-order valence-corrected chi connectivity index (χ1v) is 6.82. The van der Waals surface area contributed by atoms with E-state index in [-0.39, 0.29) is 5.82 Å². The summed E-state index contributed by atoms with van der Waals surface area (Å²) in [4.78, 5) is 14.1. The molecule has 1 unspecified atom stereocenters. The number of hydrogen-bond acceptors (Lipinski definition) is 7. The van der Waals surface area contributed by atoms with Crippen molar-refractivity contribution in [2.75, 3.05) is 25.2 Å². The Morgan fingerprint density at radius 2 is 2.48 bits per heavy atom. The van der Waals surface area contributed by atoms with Crippen LogP contribution >= 0.6 is 11.6 Å². The van der Waals surface area contributed by atoms with Crippen molar-refractivity contribution in [2.45, 2.75) is 6.42 Å². The van der Waals surface area contributed by atoms with Crippen LogP contribution in [0.15, 0.2) is 30.4 Å². The maximum atomic E-state index is 10.6. The molecule has 9 heteroatoms. The molecule has 0 saturated carbocycles. The third-order valence-corrected chi connectivity index (χ3v) is 3.12. The van der Waals surface area contributed by atoms with Gasteiger partial charge in [0.2, 0.25) is 0 Å². The Hall–Kier alpha value is -2.06. The second-order valence-electron chi connectivity index (χ2n) is 4.55. The molecule has 3 N–H and O–H groups in total. The number of nitrogens with zero attached hydrogens (tertiary/aromatic N) is 2. The van der Waals surface area contributed by atoms with Gasteiger partial charge in [-0.15, -0.1) is 0 Å². The van der Waals surface area contributed by atoms with Crippen molar-refractivity contribution in [3.63, 3.8) is 0 Å². The summed E-state index contributed by atoms with van der Waals surface area (Å²) in [5, 5.41) is 14.1. The number of nitro groups is 1. The zero-order chi connectivity index (χ0) is 15.1. The molecule has 2 heterocycles. The highest BCUT2D eigenvalue weighted by atomic mass is 35.5. The smallest absolute Gasteiger partial charge is 0.275 e. The molecule has 0 bridgehead atoms. The summed E-state index contributed by atoms with van der Waals surface area (Å²) in [6, 6.07) is 3.32. The normalized spacial score (nSPS) is 18.3. The largest absolute Gasteiger partial charge is 0.381 e. The Balaban J connectivity index is 1.86. The molecule has 0 amide bonds. The van der Waals surface area contributed by atoms with E-state index in [9.17, 15) is 10.1 Å². The second kappa shape index (κ2) is 7.65. The third-order valence-electron chi connectivity index (χ3n) is 2.89. The number of hydrazine groups is 1. The SMILES string of the molecule is O=[N+]([O-])/C=C(/NCC1CCOC1)NNc1ccc(Cl)cn1. The van der Waals surface area contributed by atoms with Crippen molar-refractivity contribution >= 4 is 17.4 Å². The molecule has 1 aliphatic heterocycles. The van der Waals surface area contributed by atoms with E-state index in [4.69, 9.17) is 16.3 Å². The van der Waals surface area contributed by atoms with Gasteiger partial charge in [-0.05, 0) is 18.6 Å². The highest BCUT2D eigenvalue weighted by molar-refractivity contribution is 6.30. The summed E-state index contributed by atoms with van der Waals surface area (Å²) in [7, 11) is 0. The summed E-state index contributed by atoms with van der Waals surface area (Å²) in [5.74, 6) is 1.11. The van der Waals surface area contributed by atoms with Crippen molar-refractivity contribution in [3.05, 3.63) is 45.5 Å². The Morgan fingerprint density at radius 1 is 1.62 bits per heavy atom. The number of ether oxygens (including phenoxy) is 1. The van der Waals surface area contributed by atoms with Gasteiger partial charge in [0.05, 0.1) is 16.6 Å². The Morgan fingerprint density at radius 3 is 3.10 bits per heavy atom. The highest BCUT2D eigenvalue weighted by Gasteiger charge is 2.16. The molecule has 1 aromatic rings. The molecule has 2 rings (SSSR count). The Labute approximate surface area is 126 Å². The summed E-state index contributed by atoms with van der Waals surface area (Å²) < 4.78 is 5.26. The lowest BCUT2D eigenvalue weighted by molar-refractivity contribution is -0.404. The van der Waals surface area contributed by atoms with Gasteiger partial charge in [-0.1, -0.05) is 11.6 Å². The molecule has 1 saturated heterocycles. The van der Waals surface area contributed by atoms with Gasteiger partial charge in [0, 0.05) is 25.3 Å². The minimum atomic E-state index is -0.530. The van der Waals surface area contributed by atoms with Crippen LogP contribution in [0.3, 0.4) is 0 Å². The molecule has 0 radical (unpaired) electrons. The molecular weight excluding hydrogens is 298 g/mol. The maximum absolute atomic E-state index is 10.6. The predicted octanol–water partition coefficient (Wildman–Crippen LogP) is 1.35. The van der Waals surface area contributed by atoms with E-state index in [1.807, 2.05) is 0 Å². The quantitative estimate of drug-likeness (QED) is 0.516. The molecule has 0 spiro atoms. The van der Waals surface area contributed by atoms with Crippen molar-refractivity contribution in [1.82, 2.24) is 15.7 Å². The van der Waals surface area contributed by atoms with Crippen LogP contribution in [0.4, 0.5) is 5.82 Å². The van der Waals surface area contributed by atoms with E-state index < -0.39 is 4.92 Å². The van der Waals surface area contributed by atoms with Crippen molar-refractivity contribution < 1.29 is 9.66 Å². The first-order valence-electron chi connectivity index (χ1n) is 6.44. The number of rotatable bonds is 7. The number of halogens is 1. The minimum Gasteiger partial charge on any atom is -0.381 e. The third kappa shape index (κ3) is 5.44. The second-order valence-corrected chi connectivity index (χ2v) is 4.99. The van der Waals surface area contributed by atoms with Crippen LogP contribution in [0.5, 0.6) is 0 Å². The van der Waals surface area contributed by atoms with E-state index in [2.05, 4.69) is 21.2 Å². The molecule has 1 aliphatic rings. The van der Waals surface area contributed by atoms with E-state index in [0.29, 0.717) is 29.9 Å². The summed E-state index contributed by atoms with van der Waals surface area (Å²) in [5.41, 5.74) is 5.49. The van der Waals surface area contributed by atoms with Gasteiger partial charge in [-0.3, -0.25) is 21.0 Å². The van der Waals surface area contributed by atoms with Gasteiger partial charge in [0.15, 0.2) is 5.82 Å². The fraction of sp³-hybridized carbons (Fsp3) is 0.417. The van der Waals surface area contributed by atoms with Gasteiger partial charge < -0.3 is 10.1 Å². The van der Waals surface area contributed by atoms with Crippen LogP contribution < -0.4 is 16.2 Å². The number of nitrogens with one attached hydrogen (secondary N) is 3. The zero-order valence-corrected chi connectivity index (χ0v) is 12.0. The van der Waals surface area contributed by atoms with E-state index in [1.54, 1.807) is 12.1 Å². The zero-order valence-electron chi connectivity index (χ0n) is 11.2. The van der Waals surface area contributed by atoms with Crippen LogP contribution in [0.1, 0.15) is 6.42 Å². The first kappa shape index (κ1) is 15.3. The fourth-order valence-corrected chi connectivity index (χ4v) is 1.92. The maximum Gasteiger partial charge on any atom is 0.275 e. The van der Waals surface area contributed by atoms with Crippen LogP contribution in [0.25, 0.3) is 0 Å². The average Bonchev–Trinajstić information content (AvgIpc) is 2.96. The number of aromatic nitrogens is 1. The molecule has 1 fully saturated rings. The molecule has 0 aromatic carbocycles. The fourth-order valence-electron chi connectivity index (χ4n) is 1.81. The van der Waals surface area contributed by atoms with Crippen LogP contribution in [-0.2, 0) is 4.74 Å². The molecular formula is C12H16ClN5O3. The Kier molecular flexibility index (Phi) is 5.59.